The summed E-state index contributed by atoms with van der Waals surface area (Å²) in [7, 11) is -2.86. The lowest BCUT2D eigenvalue weighted by atomic mass is 10.1. The maximum atomic E-state index is 12.9. The van der Waals surface area contributed by atoms with Crippen LogP contribution in [0.2, 0.25) is 0 Å². The predicted octanol–water partition coefficient (Wildman–Crippen LogP) is 4.14. The van der Waals surface area contributed by atoms with Crippen LogP contribution >= 0.6 is 0 Å². The van der Waals surface area contributed by atoms with Gasteiger partial charge in [0.2, 0.25) is 0 Å². The first kappa shape index (κ1) is 21.9. The lowest BCUT2D eigenvalue weighted by Crippen LogP contribution is -2.35. The number of carbonyl (C=O) groups is 1. The summed E-state index contributed by atoms with van der Waals surface area (Å²) < 4.78 is 71.5. The summed E-state index contributed by atoms with van der Waals surface area (Å²) in [5.41, 5.74) is -1.12. The molecule has 0 radical (unpaired) electrons. The normalized spacial score (nSPS) is 15.0. The van der Waals surface area contributed by atoms with Crippen molar-refractivity contribution < 1.29 is 31.1 Å². The molecule has 3 rings (SSSR count). The van der Waals surface area contributed by atoms with Crippen LogP contribution in [0, 0.1) is 0 Å². The van der Waals surface area contributed by atoms with E-state index in [1.54, 1.807) is 4.90 Å². The number of carbonyl (C=O) groups excluding carboxylic acids is 1. The average molecular weight is 442 g/mol. The fourth-order valence-electron chi connectivity index (χ4n) is 3.26. The number of ether oxygens (including phenoxy) is 1. The third-order valence-corrected chi connectivity index (χ3v) is 6.18. The Balaban J connectivity index is 1.92. The highest BCUT2D eigenvalue weighted by molar-refractivity contribution is 7.92. The second kappa shape index (κ2) is 8.55. The number of sulfonamides is 1. The van der Waals surface area contributed by atoms with Gasteiger partial charge in [0, 0.05) is 18.8 Å². The first-order valence-corrected chi connectivity index (χ1v) is 10.8. The minimum Gasteiger partial charge on any atom is -0.496 e. The van der Waals surface area contributed by atoms with E-state index in [0.717, 1.165) is 31.4 Å². The van der Waals surface area contributed by atoms with Crippen LogP contribution in [0.3, 0.4) is 0 Å². The number of rotatable bonds is 5. The summed E-state index contributed by atoms with van der Waals surface area (Å²) in [5.74, 6) is -0.119. The number of amides is 1. The zero-order chi connectivity index (χ0) is 21.9. The van der Waals surface area contributed by atoms with E-state index < -0.39 is 21.8 Å². The maximum Gasteiger partial charge on any atom is 0.416 e. The first-order valence-electron chi connectivity index (χ1n) is 9.29. The van der Waals surface area contributed by atoms with Crippen LogP contribution < -0.4 is 9.46 Å². The Morgan fingerprint density at radius 1 is 1.07 bits per heavy atom. The molecule has 1 heterocycles. The van der Waals surface area contributed by atoms with Crippen LogP contribution in [-0.2, 0) is 16.2 Å². The highest BCUT2D eigenvalue weighted by Gasteiger charge is 2.31. The van der Waals surface area contributed by atoms with Gasteiger partial charge in [-0.05, 0) is 55.7 Å². The molecule has 162 valence electrons. The van der Waals surface area contributed by atoms with E-state index in [1.807, 2.05) is 0 Å². The molecule has 2 aromatic rings. The lowest BCUT2D eigenvalue weighted by Gasteiger charge is -2.27. The minimum atomic E-state index is -4.60. The van der Waals surface area contributed by atoms with Crippen molar-refractivity contribution >= 4 is 21.6 Å². The van der Waals surface area contributed by atoms with Gasteiger partial charge in [0.1, 0.15) is 5.75 Å². The standard InChI is InChI=1S/C20H21F3N2O4S/c1-29-18-9-8-16(13-17(18)19(26)25-10-3-2-4-11-25)30(27,28)24-15-7-5-6-14(12-15)20(21,22)23/h5-9,12-13,24H,2-4,10-11H2,1H3. The number of hydrogen-bond donors (Lipinski definition) is 1. The fraction of sp³-hybridized carbons (Fsp3) is 0.350. The number of hydrogen-bond acceptors (Lipinski definition) is 4. The Hall–Kier alpha value is -2.75. The smallest absolute Gasteiger partial charge is 0.416 e. The molecular formula is C20H21F3N2O4S. The van der Waals surface area contributed by atoms with E-state index in [-0.39, 0.29) is 27.8 Å². The largest absolute Gasteiger partial charge is 0.496 e. The summed E-state index contributed by atoms with van der Waals surface area (Å²) in [6, 6.07) is 7.67. The third-order valence-electron chi connectivity index (χ3n) is 4.80. The van der Waals surface area contributed by atoms with Crippen molar-refractivity contribution in [1.82, 2.24) is 4.90 Å². The van der Waals surface area contributed by atoms with Crippen molar-refractivity contribution in [1.29, 1.82) is 0 Å². The van der Waals surface area contributed by atoms with Gasteiger partial charge in [-0.1, -0.05) is 6.07 Å². The predicted molar refractivity (Wildman–Crippen MR) is 105 cm³/mol. The molecule has 0 unspecified atom stereocenters. The topological polar surface area (TPSA) is 75.7 Å². The van der Waals surface area contributed by atoms with Gasteiger partial charge in [0.25, 0.3) is 15.9 Å². The number of alkyl halides is 3. The molecule has 1 fully saturated rings. The van der Waals surface area contributed by atoms with Crippen molar-refractivity contribution in [2.75, 3.05) is 24.9 Å². The molecule has 1 aliphatic heterocycles. The lowest BCUT2D eigenvalue weighted by molar-refractivity contribution is -0.137. The van der Waals surface area contributed by atoms with Gasteiger partial charge in [-0.2, -0.15) is 13.2 Å². The Kier molecular flexibility index (Phi) is 6.25. The summed E-state index contributed by atoms with van der Waals surface area (Å²) in [6.45, 7) is 1.14. The molecular weight excluding hydrogens is 421 g/mol. The quantitative estimate of drug-likeness (QED) is 0.755. The van der Waals surface area contributed by atoms with E-state index in [9.17, 15) is 26.4 Å². The second-order valence-electron chi connectivity index (χ2n) is 6.90. The van der Waals surface area contributed by atoms with Crippen molar-refractivity contribution in [3.8, 4) is 5.75 Å². The van der Waals surface area contributed by atoms with E-state index in [1.165, 1.54) is 31.4 Å². The number of benzene rings is 2. The molecule has 0 spiro atoms. The van der Waals surface area contributed by atoms with Gasteiger partial charge < -0.3 is 9.64 Å². The molecule has 0 bridgehead atoms. The molecule has 0 aliphatic carbocycles. The molecule has 1 saturated heterocycles. The van der Waals surface area contributed by atoms with Gasteiger partial charge >= 0.3 is 6.18 Å². The fourth-order valence-corrected chi connectivity index (χ4v) is 4.34. The van der Waals surface area contributed by atoms with Gasteiger partial charge in [-0.25, -0.2) is 8.42 Å². The Morgan fingerprint density at radius 3 is 2.40 bits per heavy atom. The van der Waals surface area contributed by atoms with Crippen LogP contribution in [0.1, 0.15) is 35.2 Å². The number of piperidine rings is 1. The van der Waals surface area contributed by atoms with Crippen molar-refractivity contribution in [3.05, 3.63) is 53.6 Å². The number of nitrogens with zero attached hydrogens (tertiary/aromatic N) is 1. The van der Waals surface area contributed by atoms with Crippen LogP contribution in [-0.4, -0.2) is 39.4 Å². The van der Waals surface area contributed by atoms with Crippen LogP contribution in [0.25, 0.3) is 0 Å². The average Bonchev–Trinajstić information content (AvgIpc) is 2.72. The Bertz CT molecular complexity index is 1030. The van der Waals surface area contributed by atoms with E-state index >= 15 is 0 Å². The van der Waals surface area contributed by atoms with E-state index in [0.29, 0.717) is 19.2 Å². The number of nitrogens with one attached hydrogen (secondary N) is 1. The second-order valence-corrected chi connectivity index (χ2v) is 8.58. The third kappa shape index (κ3) is 4.86. The number of halogens is 3. The summed E-state index contributed by atoms with van der Waals surface area (Å²) >= 11 is 0. The molecule has 2 aromatic carbocycles. The monoisotopic (exact) mass is 442 g/mol. The van der Waals surface area contributed by atoms with Gasteiger partial charge in [-0.3, -0.25) is 9.52 Å². The summed E-state index contributed by atoms with van der Waals surface area (Å²) in [5, 5.41) is 0. The summed E-state index contributed by atoms with van der Waals surface area (Å²) in [4.78, 5) is 14.3. The molecule has 30 heavy (non-hydrogen) atoms. The van der Waals surface area contributed by atoms with Gasteiger partial charge in [0.05, 0.1) is 23.1 Å². The molecule has 1 N–H and O–H groups in total. The Morgan fingerprint density at radius 2 is 1.77 bits per heavy atom. The number of methoxy groups -OCH3 is 1. The van der Waals surface area contributed by atoms with Crippen LogP contribution in [0.5, 0.6) is 5.75 Å². The highest BCUT2D eigenvalue weighted by Crippen LogP contribution is 2.32. The molecule has 1 aliphatic rings. The van der Waals surface area contributed by atoms with Crippen LogP contribution in [0.15, 0.2) is 47.4 Å². The zero-order valence-electron chi connectivity index (χ0n) is 16.2. The molecule has 6 nitrogen and oxygen atoms in total. The highest BCUT2D eigenvalue weighted by atomic mass is 32.2. The van der Waals surface area contributed by atoms with Crippen molar-refractivity contribution in [2.45, 2.75) is 30.3 Å². The Labute approximate surface area is 172 Å². The molecule has 1 amide bonds. The summed E-state index contributed by atoms with van der Waals surface area (Å²) in [6.07, 6.45) is -1.85. The van der Waals surface area contributed by atoms with Crippen molar-refractivity contribution in [3.63, 3.8) is 0 Å². The SMILES string of the molecule is COc1ccc(S(=O)(=O)Nc2cccc(C(F)(F)F)c2)cc1C(=O)N1CCCCC1. The zero-order valence-corrected chi connectivity index (χ0v) is 17.0. The van der Waals surface area contributed by atoms with Crippen molar-refractivity contribution in [2.24, 2.45) is 0 Å². The van der Waals surface area contributed by atoms with E-state index in [4.69, 9.17) is 4.74 Å². The van der Waals surface area contributed by atoms with Gasteiger partial charge in [-0.15, -0.1) is 0 Å². The minimum absolute atomic E-state index is 0.0892. The first-order chi connectivity index (χ1) is 14.1. The number of anilines is 1. The molecule has 10 heteroatoms. The van der Waals surface area contributed by atoms with Crippen LogP contribution in [0.4, 0.5) is 18.9 Å². The van der Waals surface area contributed by atoms with E-state index in [2.05, 4.69) is 4.72 Å². The molecule has 0 atom stereocenters. The maximum absolute atomic E-state index is 12.9. The molecule has 0 aromatic heterocycles. The number of likely N-dealkylation sites (tertiary alicyclic amines) is 1. The van der Waals surface area contributed by atoms with Gasteiger partial charge in [0.15, 0.2) is 0 Å². The molecule has 0 saturated carbocycles.